The lowest BCUT2D eigenvalue weighted by atomic mass is 10.1. The Kier molecular flexibility index (Phi) is 6.36. The second-order valence-electron chi connectivity index (χ2n) is 7.25. The average molecular weight is 403 g/mol. The van der Waals surface area contributed by atoms with Gasteiger partial charge in [0, 0.05) is 12.5 Å². The summed E-state index contributed by atoms with van der Waals surface area (Å²) in [4.78, 5) is 12.6. The van der Waals surface area contributed by atoms with Gasteiger partial charge in [-0.1, -0.05) is 24.3 Å². The molecule has 0 aliphatic heterocycles. The molecule has 0 radical (unpaired) electrons. The summed E-state index contributed by atoms with van der Waals surface area (Å²) >= 11 is 0. The highest BCUT2D eigenvalue weighted by Crippen LogP contribution is 2.25. The van der Waals surface area contributed by atoms with Gasteiger partial charge in [0.2, 0.25) is 15.9 Å². The van der Waals surface area contributed by atoms with E-state index in [0.717, 1.165) is 18.4 Å². The molecular formula is C21H26N2O4S. The minimum Gasteiger partial charge on any atom is -0.489 e. The third-order valence-corrected chi connectivity index (χ3v) is 5.83. The largest absolute Gasteiger partial charge is 0.489 e. The van der Waals surface area contributed by atoms with Crippen LogP contribution in [0.4, 0.5) is 5.69 Å². The van der Waals surface area contributed by atoms with Crippen LogP contribution in [0.15, 0.2) is 53.4 Å². The number of carbonyl (C=O) groups is 1. The van der Waals surface area contributed by atoms with Crippen molar-refractivity contribution >= 4 is 21.6 Å². The molecule has 0 aromatic heterocycles. The maximum Gasteiger partial charge on any atom is 0.240 e. The van der Waals surface area contributed by atoms with E-state index in [1.54, 1.807) is 24.3 Å². The fourth-order valence-corrected chi connectivity index (χ4v) is 4.03. The quantitative estimate of drug-likeness (QED) is 0.672. The summed E-state index contributed by atoms with van der Waals surface area (Å²) in [5.74, 6) is 0.524. The van der Waals surface area contributed by atoms with Crippen molar-refractivity contribution in [3.8, 4) is 5.75 Å². The van der Waals surface area contributed by atoms with E-state index in [1.807, 2.05) is 38.1 Å². The van der Waals surface area contributed by atoms with Crippen LogP contribution in [0.2, 0.25) is 0 Å². The van der Waals surface area contributed by atoms with Gasteiger partial charge in [0.15, 0.2) is 0 Å². The lowest BCUT2D eigenvalue weighted by Crippen LogP contribution is -2.25. The Morgan fingerprint density at radius 2 is 1.79 bits per heavy atom. The highest BCUT2D eigenvalue weighted by Gasteiger charge is 2.27. The van der Waals surface area contributed by atoms with Crippen LogP contribution in [-0.4, -0.2) is 26.5 Å². The number of hydrogen-bond donors (Lipinski definition) is 2. The van der Waals surface area contributed by atoms with Gasteiger partial charge in [-0.3, -0.25) is 4.79 Å². The van der Waals surface area contributed by atoms with Gasteiger partial charge < -0.3 is 10.1 Å². The van der Waals surface area contributed by atoms with Crippen LogP contribution in [0.25, 0.3) is 0 Å². The summed E-state index contributed by atoms with van der Waals surface area (Å²) in [5, 5.41) is 2.88. The van der Waals surface area contributed by atoms with Gasteiger partial charge in [0.25, 0.3) is 0 Å². The Morgan fingerprint density at radius 3 is 2.43 bits per heavy atom. The van der Waals surface area contributed by atoms with Crippen LogP contribution in [0.1, 0.15) is 38.7 Å². The van der Waals surface area contributed by atoms with Crippen molar-refractivity contribution in [2.75, 3.05) is 5.32 Å². The number of benzene rings is 2. The van der Waals surface area contributed by atoms with Gasteiger partial charge >= 0.3 is 0 Å². The maximum atomic E-state index is 12.3. The Hall–Kier alpha value is -2.38. The second-order valence-corrected chi connectivity index (χ2v) is 8.96. The zero-order valence-corrected chi connectivity index (χ0v) is 17.0. The molecule has 6 nitrogen and oxygen atoms in total. The molecule has 0 spiro atoms. The first-order chi connectivity index (χ1) is 13.3. The third-order valence-electron chi connectivity index (χ3n) is 4.30. The van der Waals surface area contributed by atoms with Crippen molar-refractivity contribution in [3.05, 3.63) is 54.1 Å². The number of hydrogen-bond acceptors (Lipinski definition) is 4. The average Bonchev–Trinajstić information content (AvgIpc) is 3.45. The van der Waals surface area contributed by atoms with Crippen molar-refractivity contribution < 1.29 is 17.9 Å². The van der Waals surface area contributed by atoms with Crippen molar-refractivity contribution in [3.63, 3.8) is 0 Å². The van der Waals surface area contributed by atoms with E-state index in [1.165, 1.54) is 0 Å². The molecule has 1 aliphatic rings. The van der Waals surface area contributed by atoms with E-state index in [-0.39, 0.29) is 22.9 Å². The number of anilines is 1. The molecule has 7 heteroatoms. The summed E-state index contributed by atoms with van der Waals surface area (Å²) in [6.45, 7) is 3.87. The van der Waals surface area contributed by atoms with E-state index in [9.17, 15) is 13.2 Å². The topological polar surface area (TPSA) is 84.5 Å². The van der Waals surface area contributed by atoms with Gasteiger partial charge in [0.05, 0.1) is 16.7 Å². The second kappa shape index (κ2) is 8.75. The van der Waals surface area contributed by atoms with E-state index in [4.69, 9.17) is 4.74 Å². The summed E-state index contributed by atoms with van der Waals surface area (Å²) < 4.78 is 32.7. The van der Waals surface area contributed by atoms with Gasteiger partial charge in [-0.25, -0.2) is 13.1 Å². The molecular weight excluding hydrogens is 376 g/mol. The predicted molar refractivity (Wildman–Crippen MR) is 109 cm³/mol. The maximum absolute atomic E-state index is 12.3. The first-order valence-electron chi connectivity index (χ1n) is 9.50. The Bertz CT molecular complexity index is 920. The molecule has 0 bridgehead atoms. The Morgan fingerprint density at radius 1 is 1.11 bits per heavy atom. The van der Waals surface area contributed by atoms with Crippen LogP contribution in [-0.2, 0) is 21.2 Å². The molecule has 0 saturated heterocycles. The van der Waals surface area contributed by atoms with Crippen molar-refractivity contribution in [1.82, 2.24) is 4.72 Å². The number of aryl methyl sites for hydroxylation is 1. The van der Waals surface area contributed by atoms with Gasteiger partial charge in [-0.05, 0) is 62.9 Å². The highest BCUT2D eigenvalue weighted by molar-refractivity contribution is 7.89. The van der Waals surface area contributed by atoms with Crippen molar-refractivity contribution in [1.29, 1.82) is 0 Å². The summed E-state index contributed by atoms with van der Waals surface area (Å²) in [7, 11) is -3.44. The minimum absolute atomic E-state index is 0.0160. The van der Waals surface area contributed by atoms with E-state index in [2.05, 4.69) is 10.0 Å². The third kappa shape index (κ3) is 5.81. The molecule has 1 saturated carbocycles. The molecule has 28 heavy (non-hydrogen) atoms. The molecule has 2 N–H and O–H groups in total. The molecule has 0 heterocycles. The molecule has 1 amide bonds. The Labute approximate surface area is 166 Å². The zero-order chi connectivity index (χ0) is 20.1. The SMILES string of the molecule is CC(C)Oc1ccccc1NC(=O)CCc1ccc(S(=O)(=O)NC2CC2)cc1. The first kappa shape index (κ1) is 20.4. The standard InChI is InChI=1S/C21H26N2O4S/c1-15(2)27-20-6-4-3-5-19(20)22-21(24)14-9-16-7-12-18(13-8-16)28(25,26)23-17-10-11-17/h3-8,12-13,15,17,23H,9-11,14H2,1-2H3,(H,22,24). The molecule has 0 unspecified atom stereocenters. The number of carbonyl (C=O) groups excluding carboxylic acids is 1. The highest BCUT2D eigenvalue weighted by atomic mass is 32.2. The fraction of sp³-hybridized carbons (Fsp3) is 0.381. The van der Waals surface area contributed by atoms with E-state index < -0.39 is 10.0 Å². The summed E-state index contributed by atoms with van der Waals surface area (Å²) in [5.41, 5.74) is 1.56. The monoisotopic (exact) mass is 402 g/mol. The van der Waals surface area contributed by atoms with Crippen LogP contribution in [0.3, 0.4) is 0 Å². The number of ether oxygens (including phenoxy) is 1. The van der Waals surface area contributed by atoms with Crippen LogP contribution < -0.4 is 14.8 Å². The fourth-order valence-electron chi connectivity index (χ4n) is 2.72. The van der Waals surface area contributed by atoms with Crippen molar-refractivity contribution in [2.24, 2.45) is 0 Å². The van der Waals surface area contributed by atoms with Gasteiger partial charge in [0.1, 0.15) is 5.75 Å². The molecule has 3 rings (SSSR count). The lowest BCUT2D eigenvalue weighted by Gasteiger charge is -2.14. The molecule has 2 aromatic carbocycles. The van der Waals surface area contributed by atoms with Crippen LogP contribution >= 0.6 is 0 Å². The summed E-state index contributed by atoms with van der Waals surface area (Å²) in [6.07, 6.45) is 2.63. The molecule has 2 aromatic rings. The Balaban J connectivity index is 1.55. The number of sulfonamides is 1. The minimum atomic E-state index is -3.44. The molecule has 0 atom stereocenters. The number of rotatable bonds is 9. The van der Waals surface area contributed by atoms with Gasteiger partial charge in [-0.15, -0.1) is 0 Å². The van der Waals surface area contributed by atoms with E-state index >= 15 is 0 Å². The zero-order valence-electron chi connectivity index (χ0n) is 16.1. The number of nitrogens with one attached hydrogen (secondary N) is 2. The normalized spacial score (nSPS) is 14.1. The molecule has 1 aliphatic carbocycles. The first-order valence-corrected chi connectivity index (χ1v) is 11.0. The smallest absolute Gasteiger partial charge is 0.240 e. The predicted octanol–water partition coefficient (Wildman–Crippen LogP) is 3.49. The number of amides is 1. The molecule has 150 valence electrons. The lowest BCUT2D eigenvalue weighted by molar-refractivity contribution is -0.116. The van der Waals surface area contributed by atoms with Crippen LogP contribution in [0.5, 0.6) is 5.75 Å². The van der Waals surface area contributed by atoms with Crippen molar-refractivity contribution in [2.45, 2.75) is 56.6 Å². The summed E-state index contributed by atoms with van der Waals surface area (Å²) in [6, 6.07) is 14.1. The van der Waals surface area contributed by atoms with Crippen LogP contribution in [0, 0.1) is 0 Å². The number of para-hydroxylation sites is 2. The van der Waals surface area contributed by atoms with Gasteiger partial charge in [-0.2, -0.15) is 0 Å². The van der Waals surface area contributed by atoms with E-state index in [0.29, 0.717) is 24.3 Å². The molecule has 1 fully saturated rings.